The number of likely N-dealkylation sites (tertiary alicyclic amines) is 1. The highest BCUT2D eigenvalue weighted by molar-refractivity contribution is 5.41. The Morgan fingerprint density at radius 2 is 2.00 bits per heavy atom. The first kappa shape index (κ1) is 10.2. The summed E-state index contributed by atoms with van der Waals surface area (Å²) in [5.74, 6) is 0.501. The van der Waals surface area contributed by atoms with Crippen molar-refractivity contribution in [2.75, 3.05) is 13.1 Å². The second-order valence-corrected chi connectivity index (χ2v) is 5.05. The molecule has 1 saturated heterocycles. The summed E-state index contributed by atoms with van der Waals surface area (Å²) in [4.78, 5) is 2.61. The highest BCUT2D eigenvalue weighted by atomic mass is 16.3. The van der Waals surface area contributed by atoms with Crippen LogP contribution in [0.4, 0.5) is 0 Å². The normalized spacial score (nSPS) is 25.6. The molecule has 1 aliphatic carbocycles. The van der Waals surface area contributed by atoms with E-state index in [-0.39, 0.29) is 0 Å². The van der Waals surface area contributed by atoms with Gasteiger partial charge in [0.1, 0.15) is 5.75 Å². The van der Waals surface area contributed by atoms with Crippen molar-refractivity contribution in [3.8, 4) is 5.75 Å². The van der Waals surface area contributed by atoms with Gasteiger partial charge >= 0.3 is 0 Å². The molecule has 0 saturated carbocycles. The van der Waals surface area contributed by atoms with Crippen LogP contribution in [-0.4, -0.2) is 29.1 Å². The molecule has 3 rings (SSSR count). The first-order valence-electron chi connectivity index (χ1n) is 6.38. The van der Waals surface area contributed by atoms with Crippen LogP contribution in [-0.2, 0) is 12.8 Å². The summed E-state index contributed by atoms with van der Waals surface area (Å²) in [6.45, 7) is 2.52. The average molecular weight is 217 g/mol. The molecule has 2 aliphatic rings. The van der Waals surface area contributed by atoms with Crippen LogP contribution in [0.25, 0.3) is 0 Å². The molecule has 16 heavy (non-hydrogen) atoms. The van der Waals surface area contributed by atoms with Gasteiger partial charge in [-0.05, 0) is 62.4 Å². The Hall–Kier alpha value is -1.02. The average Bonchev–Trinajstić information content (AvgIpc) is 2.83. The van der Waals surface area contributed by atoms with Crippen molar-refractivity contribution in [3.63, 3.8) is 0 Å². The van der Waals surface area contributed by atoms with Crippen LogP contribution in [0.15, 0.2) is 18.2 Å². The van der Waals surface area contributed by atoms with Crippen molar-refractivity contribution < 1.29 is 5.11 Å². The molecule has 1 N–H and O–H groups in total. The summed E-state index contributed by atoms with van der Waals surface area (Å²) in [5.41, 5.74) is 2.56. The fourth-order valence-electron chi connectivity index (χ4n) is 3.17. The smallest absolute Gasteiger partial charge is 0.119 e. The van der Waals surface area contributed by atoms with Crippen LogP contribution in [0.5, 0.6) is 5.75 Å². The lowest BCUT2D eigenvalue weighted by Crippen LogP contribution is -2.37. The van der Waals surface area contributed by atoms with Gasteiger partial charge < -0.3 is 10.0 Å². The maximum Gasteiger partial charge on any atom is 0.119 e. The molecule has 0 bridgehead atoms. The number of aryl methyl sites for hydroxylation is 1. The molecule has 1 aromatic carbocycles. The Morgan fingerprint density at radius 1 is 1.19 bits per heavy atom. The molecule has 0 aromatic heterocycles. The topological polar surface area (TPSA) is 23.5 Å². The van der Waals surface area contributed by atoms with Gasteiger partial charge in [0.25, 0.3) is 0 Å². The van der Waals surface area contributed by atoms with Crippen LogP contribution in [0.2, 0.25) is 0 Å². The Bertz CT molecular complexity index is 382. The predicted octanol–water partition coefficient (Wildman–Crippen LogP) is 2.35. The van der Waals surface area contributed by atoms with Crippen molar-refractivity contribution in [2.24, 2.45) is 0 Å². The van der Waals surface area contributed by atoms with E-state index < -0.39 is 0 Å². The molecule has 1 fully saturated rings. The van der Waals surface area contributed by atoms with E-state index in [0.29, 0.717) is 11.8 Å². The van der Waals surface area contributed by atoms with Gasteiger partial charge in [-0.15, -0.1) is 0 Å². The van der Waals surface area contributed by atoms with E-state index in [4.69, 9.17) is 0 Å². The molecule has 2 nitrogen and oxygen atoms in total. The van der Waals surface area contributed by atoms with E-state index in [1.807, 2.05) is 12.1 Å². The zero-order valence-electron chi connectivity index (χ0n) is 9.65. The van der Waals surface area contributed by atoms with Gasteiger partial charge in [-0.2, -0.15) is 0 Å². The highest BCUT2D eigenvalue weighted by Crippen LogP contribution is 2.31. The summed E-state index contributed by atoms with van der Waals surface area (Å²) in [7, 11) is 0. The number of hydrogen-bond donors (Lipinski definition) is 1. The second-order valence-electron chi connectivity index (χ2n) is 5.05. The van der Waals surface area contributed by atoms with E-state index in [1.165, 1.54) is 43.5 Å². The van der Waals surface area contributed by atoms with E-state index in [2.05, 4.69) is 11.0 Å². The SMILES string of the molecule is Oc1cccc2c1CC(N1CCCC1)CC2. The number of phenolic OH excluding ortho intramolecular Hbond substituents is 1. The van der Waals surface area contributed by atoms with Gasteiger partial charge in [0.05, 0.1) is 0 Å². The second kappa shape index (κ2) is 4.10. The number of aromatic hydroxyl groups is 1. The van der Waals surface area contributed by atoms with Crippen LogP contribution in [0.3, 0.4) is 0 Å². The van der Waals surface area contributed by atoms with Crippen molar-refractivity contribution in [1.82, 2.24) is 4.90 Å². The van der Waals surface area contributed by atoms with Gasteiger partial charge in [0, 0.05) is 6.04 Å². The number of hydrogen-bond acceptors (Lipinski definition) is 2. The van der Waals surface area contributed by atoms with Crippen molar-refractivity contribution in [2.45, 2.75) is 38.1 Å². The lowest BCUT2D eigenvalue weighted by atomic mass is 9.87. The van der Waals surface area contributed by atoms with Crippen LogP contribution in [0, 0.1) is 0 Å². The Kier molecular flexibility index (Phi) is 2.60. The number of nitrogens with zero attached hydrogens (tertiary/aromatic N) is 1. The zero-order valence-corrected chi connectivity index (χ0v) is 9.65. The largest absolute Gasteiger partial charge is 0.508 e. The first-order valence-corrected chi connectivity index (χ1v) is 6.38. The minimum absolute atomic E-state index is 0.501. The zero-order chi connectivity index (χ0) is 11.0. The van der Waals surface area contributed by atoms with E-state index >= 15 is 0 Å². The third-order valence-electron chi connectivity index (χ3n) is 4.09. The molecule has 86 valence electrons. The van der Waals surface area contributed by atoms with E-state index in [1.54, 1.807) is 0 Å². The lowest BCUT2D eigenvalue weighted by molar-refractivity contribution is 0.220. The minimum Gasteiger partial charge on any atom is -0.508 e. The van der Waals surface area contributed by atoms with Crippen molar-refractivity contribution in [1.29, 1.82) is 0 Å². The van der Waals surface area contributed by atoms with Gasteiger partial charge in [-0.3, -0.25) is 0 Å². The van der Waals surface area contributed by atoms with Crippen LogP contribution >= 0.6 is 0 Å². The first-order chi connectivity index (χ1) is 7.84. The molecule has 1 aliphatic heterocycles. The third-order valence-corrected chi connectivity index (χ3v) is 4.09. The van der Waals surface area contributed by atoms with Crippen LogP contribution in [0.1, 0.15) is 30.4 Å². The molecular formula is C14H19NO. The number of rotatable bonds is 1. The molecule has 0 amide bonds. The van der Waals surface area contributed by atoms with Crippen LogP contribution < -0.4 is 0 Å². The minimum atomic E-state index is 0.501. The number of fused-ring (bicyclic) bond motifs is 1. The molecule has 0 spiro atoms. The number of phenols is 1. The monoisotopic (exact) mass is 217 g/mol. The number of benzene rings is 1. The van der Waals surface area contributed by atoms with Gasteiger partial charge in [-0.25, -0.2) is 0 Å². The summed E-state index contributed by atoms with van der Waals surface area (Å²) < 4.78 is 0. The maximum atomic E-state index is 9.90. The lowest BCUT2D eigenvalue weighted by Gasteiger charge is -2.32. The standard InChI is InChI=1S/C14H19NO/c16-14-5-3-4-11-6-7-12(10-13(11)14)15-8-1-2-9-15/h3-5,12,16H,1-2,6-10H2. The van der Waals surface area contributed by atoms with E-state index in [0.717, 1.165) is 12.8 Å². The summed E-state index contributed by atoms with van der Waals surface area (Å²) >= 11 is 0. The van der Waals surface area contributed by atoms with Crippen molar-refractivity contribution in [3.05, 3.63) is 29.3 Å². The van der Waals surface area contributed by atoms with Gasteiger partial charge in [-0.1, -0.05) is 12.1 Å². The molecule has 2 heteroatoms. The summed E-state index contributed by atoms with van der Waals surface area (Å²) in [6.07, 6.45) is 6.14. The quantitative estimate of drug-likeness (QED) is 0.780. The molecule has 0 radical (unpaired) electrons. The van der Waals surface area contributed by atoms with E-state index in [9.17, 15) is 5.11 Å². The summed E-state index contributed by atoms with van der Waals surface area (Å²) in [5, 5.41) is 9.90. The molecule has 1 unspecified atom stereocenters. The molecule has 1 atom stereocenters. The Labute approximate surface area is 96.9 Å². The third kappa shape index (κ3) is 1.71. The molecule has 1 aromatic rings. The molecular weight excluding hydrogens is 198 g/mol. The fourth-order valence-corrected chi connectivity index (χ4v) is 3.17. The Balaban J connectivity index is 1.82. The van der Waals surface area contributed by atoms with Gasteiger partial charge in [0.2, 0.25) is 0 Å². The predicted molar refractivity (Wildman–Crippen MR) is 64.7 cm³/mol. The Morgan fingerprint density at radius 3 is 2.81 bits per heavy atom. The van der Waals surface area contributed by atoms with Crippen molar-refractivity contribution >= 4 is 0 Å². The fraction of sp³-hybridized carbons (Fsp3) is 0.571. The van der Waals surface area contributed by atoms with Gasteiger partial charge in [0.15, 0.2) is 0 Å². The summed E-state index contributed by atoms with van der Waals surface area (Å²) in [6, 6.07) is 6.62. The molecule has 1 heterocycles. The highest BCUT2D eigenvalue weighted by Gasteiger charge is 2.27. The maximum absolute atomic E-state index is 9.90.